The molecular weight excluding hydrogens is 216 g/mol. The predicted molar refractivity (Wildman–Crippen MR) is 68.8 cm³/mol. The van der Waals surface area contributed by atoms with Crippen molar-refractivity contribution < 1.29 is 9.90 Å². The van der Waals surface area contributed by atoms with Crippen LogP contribution in [0.15, 0.2) is 0 Å². The molecule has 17 heavy (non-hydrogen) atoms. The molecule has 0 bridgehead atoms. The van der Waals surface area contributed by atoms with Crippen LogP contribution < -0.4 is 10.6 Å². The maximum absolute atomic E-state index is 11.6. The van der Waals surface area contributed by atoms with Crippen molar-refractivity contribution in [2.75, 3.05) is 13.2 Å². The summed E-state index contributed by atoms with van der Waals surface area (Å²) >= 11 is 0. The van der Waals surface area contributed by atoms with E-state index in [1.165, 1.54) is 12.8 Å². The van der Waals surface area contributed by atoms with E-state index in [1.807, 2.05) is 6.92 Å². The average Bonchev–Trinajstić information content (AvgIpc) is 2.27. The molecule has 2 amide bonds. The highest BCUT2D eigenvalue weighted by atomic mass is 16.3. The van der Waals surface area contributed by atoms with Gasteiger partial charge in [-0.05, 0) is 31.1 Å². The van der Waals surface area contributed by atoms with Crippen LogP contribution in [0.5, 0.6) is 0 Å². The van der Waals surface area contributed by atoms with Crippen molar-refractivity contribution in [3.05, 3.63) is 0 Å². The first-order valence-corrected chi connectivity index (χ1v) is 6.77. The van der Waals surface area contributed by atoms with Crippen molar-refractivity contribution in [3.63, 3.8) is 0 Å². The van der Waals surface area contributed by atoms with E-state index >= 15 is 0 Å². The molecule has 0 aromatic heterocycles. The molecule has 0 saturated heterocycles. The first-order valence-electron chi connectivity index (χ1n) is 6.77. The minimum absolute atomic E-state index is 0.0612. The molecule has 1 fully saturated rings. The summed E-state index contributed by atoms with van der Waals surface area (Å²) in [4.78, 5) is 11.6. The third-order valence-corrected chi connectivity index (χ3v) is 3.50. The van der Waals surface area contributed by atoms with E-state index in [2.05, 4.69) is 17.6 Å². The van der Waals surface area contributed by atoms with Crippen molar-refractivity contribution in [1.82, 2.24) is 10.6 Å². The zero-order valence-corrected chi connectivity index (χ0v) is 11.0. The smallest absolute Gasteiger partial charge is 0.315 e. The van der Waals surface area contributed by atoms with Gasteiger partial charge in [0.1, 0.15) is 0 Å². The number of urea groups is 1. The molecule has 0 radical (unpaired) electrons. The maximum atomic E-state index is 11.6. The third-order valence-electron chi connectivity index (χ3n) is 3.50. The number of rotatable bonds is 5. The third kappa shape index (κ3) is 5.91. The van der Waals surface area contributed by atoms with Gasteiger partial charge in [-0.3, -0.25) is 0 Å². The summed E-state index contributed by atoms with van der Waals surface area (Å²) in [6.45, 7) is 5.09. The molecule has 1 aliphatic carbocycles. The van der Waals surface area contributed by atoms with Crippen LogP contribution >= 0.6 is 0 Å². The molecule has 1 rings (SSSR count). The van der Waals surface area contributed by atoms with Gasteiger partial charge in [0.25, 0.3) is 0 Å². The van der Waals surface area contributed by atoms with Crippen LogP contribution in [-0.4, -0.2) is 30.3 Å². The Morgan fingerprint density at radius 1 is 1.47 bits per heavy atom. The fourth-order valence-corrected chi connectivity index (χ4v) is 2.39. The van der Waals surface area contributed by atoms with Crippen molar-refractivity contribution in [2.45, 2.75) is 52.0 Å². The zero-order valence-electron chi connectivity index (χ0n) is 11.0. The molecule has 0 aromatic carbocycles. The van der Waals surface area contributed by atoms with E-state index in [9.17, 15) is 4.79 Å². The van der Waals surface area contributed by atoms with E-state index in [0.717, 1.165) is 25.2 Å². The molecular formula is C13H26N2O2. The summed E-state index contributed by atoms with van der Waals surface area (Å²) in [5.74, 6) is 1.05. The van der Waals surface area contributed by atoms with Crippen molar-refractivity contribution in [2.24, 2.45) is 11.8 Å². The molecule has 0 aromatic rings. The molecule has 3 atom stereocenters. The Morgan fingerprint density at radius 2 is 2.24 bits per heavy atom. The Hall–Kier alpha value is -0.770. The van der Waals surface area contributed by atoms with Gasteiger partial charge in [0.05, 0.1) is 0 Å². The number of hydrogen-bond donors (Lipinski definition) is 3. The fraction of sp³-hybridized carbons (Fsp3) is 0.923. The highest BCUT2D eigenvalue weighted by Crippen LogP contribution is 2.23. The fourth-order valence-electron chi connectivity index (χ4n) is 2.39. The molecule has 3 N–H and O–H groups in total. The van der Waals surface area contributed by atoms with Gasteiger partial charge in [0.2, 0.25) is 0 Å². The second-order valence-electron chi connectivity index (χ2n) is 5.44. The largest absolute Gasteiger partial charge is 0.396 e. The minimum Gasteiger partial charge on any atom is -0.396 e. The first kappa shape index (κ1) is 14.3. The Morgan fingerprint density at radius 3 is 2.88 bits per heavy atom. The van der Waals surface area contributed by atoms with Crippen LogP contribution in [0.2, 0.25) is 0 Å². The normalized spacial score (nSPS) is 26.3. The van der Waals surface area contributed by atoms with Crippen LogP contribution in [-0.2, 0) is 0 Å². The van der Waals surface area contributed by atoms with Crippen LogP contribution in [0.1, 0.15) is 46.0 Å². The molecule has 1 aliphatic rings. The lowest BCUT2D eigenvalue weighted by Crippen LogP contribution is -2.45. The molecule has 3 unspecified atom stereocenters. The topological polar surface area (TPSA) is 61.4 Å². The molecule has 0 heterocycles. The van der Waals surface area contributed by atoms with E-state index in [4.69, 9.17) is 5.11 Å². The van der Waals surface area contributed by atoms with Crippen LogP contribution in [0.4, 0.5) is 4.79 Å². The number of hydrogen-bond acceptors (Lipinski definition) is 2. The van der Waals surface area contributed by atoms with Crippen LogP contribution in [0.25, 0.3) is 0 Å². The number of aliphatic hydroxyl groups is 1. The van der Waals surface area contributed by atoms with Crippen LogP contribution in [0.3, 0.4) is 0 Å². The Labute approximate surface area is 104 Å². The predicted octanol–water partition coefficient (Wildman–Crippen LogP) is 1.88. The summed E-state index contributed by atoms with van der Waals surface area (Å²) in [5.41, 5.74) is 0. The highest BCUT2D eigenvalue weighted by molar-refractivity contribution is 5.74. The van der Waals surface area contributed by atoms with Gasteiger partial charge in [-0.15, -0.1) is 0 Å². The SMILES string of the molecule is CC(CCO)CNC(=O)NC1CCCC(C)C1. The molecule has 100 valence electrons. The van der Waals surface area contributed by atoms with Gasteiger partial charge >= 0.3 is 6.03 Å². The van der Waals surface area contributed by atoms with Crippen molar-refractivity contribution in [3.8, 4) is 0 Å². The van der Waals surface area contributed by atoms with Gasteiger partial charge in [-0.25, -0.2) is 4.79 Å². The lowest BCUT2D eigenvalue weighted by Gasteiger charge is -2.27. The van der Waals surface area contributed by atoms with Gasteiger partial charge in [0, 0.05) is 19.2 Å². The summed E-state index contributed by atoms with van der Waals surface area (Å²) in [5, 5.41) is 14.7. The van der Waals surface area contributed by atoms with E-state index in [-0.39, 0.29) is 12.6 Å². The standard InChI is InChI=1S/C13H26N2O2/c1-10-4-3-5-12(8-10)15-13(17)14-9-11(2)6-7-16/h10-12,16H,3-9H2,1-2H3,(H2,14,15,17). The number of carbonyl (C=O) groups excluding carboxylic acids is 1. The summed E-state index contributed by atoms with van der Waals surface area (Å²) in [6, 6.07) is 0.279. The summed E-state index contributed by atoms with van der Waals surface area (Å²) < 4.78 is 0. The lowest BCUT2D eigenvalue weighted by atomic mass is 9.87. The van der Waals surface area contributed by atoms with Crippen molar-refractivity contribution in [1.29, 1.82) is 0 Å². The maximum Gasteiger partial charge on any atom is 0.315 e. The second-order valence-corrected chi connectivity index (χ2v) is 5.44. The molecule has 0 spiro atoms. The Bertz CT molecular complexity index is 233. The lowest BCUT2D eigenvalue weighted by molar-refractivity contribution is 0.222. The molecule has 4 heteroatoms. The second kappa shape index (κ2) is 7.54. The quantitative estimate of drug-likeness (QED) is 0.689. The Balaban J connectivity index is 2.15. The first-order chi connectivity index (χ1) is 8.11. The van der Waals surface area contributed by atoms with Crippen LogP contribution in [0, 0.1) is 11.8 Å². The summed E-state index contributed by atoms with van der Waals surface area (Å²) in [7, 11) is 0. The molecule has 4 nitrogen and oxygen atoms in total. The van der Waals surface area contributed by atoms with Gasteiger partial charge in [0.15, 0.2) is 0 Å². The number of amides is 2. The number of nitrogens with one attached hydrogen (secondary N) is 2. The Kier molecular flexibility index (Phi) is 6.34. The molecule has 0 aliphatic heterocycles. The van der Waals surface area contributed by atoms with Gasteiger partial charge in [-0.1, -0.05) is 26.7 Å². The average molecular weight is 242 g/mol. The summed E-state index contributed by atoms with van der Waals surface area (Å²) in [6.07, 6.45) is 5.44. The number of carbonyl (C=O) groups is 1. The van der Waals surface area contributed by atoms with Crippen molar-refractivity contribution >= 4 is 6.03 Å². The van der Waals surface area contributed by atoms with Gasteiger partial charge < -0.3 is 15.7 Å². The monoisotopic (exact) mass is 242 g/mol. The van der Waals surface area contributed by atoms with Gasteiger partial charge in [-0.2, -0.15) is 0 Å². The minimum atomic E-state index is -0.0612. The van der Waals surface area contributed by atoms with E-state index < -0.39 is 0 Å². The van der Waals surface area contributed by atoms with E-state index in [1.54, 1.807) is 0 Å². The number of aliphatic hydroxyl groups excluding tert-OH is 1. The van der Waals surface area contributed by atoms with E-state index in [0.29, 0.717) is 18.5 Å². The highest BCUT2D eigenvalue weighted by Gasteiger charge is 2.20. The molecule has 1 saturated carbocycles. The zero-order chi connectivity index (χ0) is 12.7.